The summed E-state index contributed by atoms with van der Waals surface area (Å²) in [6.07, 6.45) is 1.21. The molecule has 0 aromatic carbocycles. The van der Waals surface area contributed by atoms with E-state index in [0.29, 0.717) is 13.2 Å². The molecular formula is C6H12O3. The van der Waals surface area contributed by atoms with Gasteiger partial charge in [-0.05, 0) is 6.42 Å². The molecule has 0 radical (unpaired) electrons. The smallest absolute Gasteiger partial charge is 0.0831 e. The van der Waals surface area contributed by atoms with Crippen molar-refractivity contribution in [2.45, 2.75) is 12.5 Å². The first kappa shape index (κ1) is 6.99. The van der Waals surface area contributed by atoms with Crippen LogP contribution in [0.25, 0.3) is 0 Å². The zero-order chi connectivity index (χ0) is 6.53. The van der Waals surface area contributed by atoms with E-state index in [9.17, 15) is 0 Å². The molecule has 0 aliphatic carbocycles. The molecule has 0 spiro atoms. The van der Waals surface area contributed by atoms with E-state index in [2.05, 4.69) is 0 Å². The van der Waals surface area contributed by atoms with Gasteiger partial charge in [-0.2, -0.15) is 0 Å². The Morgan fingerprint density at radius 2 is 2.56 bits per heavy atom. The van der Waals surface area contributed by atoms with Crippen molar-refractivity contribution in [3.05, 3.63) is 0 Å². The molecule has 1 heterocycles. The van der Waals surface area contributed by atoms with Crippen LogP contribution in [0.3, 0.4) is 0 Å². The minimum atomic E-state index is 0.108. The van der Waals surface area contributed by atoms with Crippen LogP contribution in [0.15, 0.2) is 0 Å². The van der Waals surface area contributed by atoms with E-state index >= 15 is 0 Å². The summed E-state index contributed by atoms with van der Waals surface area (Å²) >= 11 is 0. The first-order chi connectivity index (χ1) is 4.43. The molecule has 9 heavy (non-hydrogen) atoms. The van der Waals surface area contributed by atoms with Gasteiger partial charge in [-0.25, -0.2) is 0 Å². The molecule has 3 nitrogen and oxygen atoms in total. The Labute approximate surface area is 54.6 Å². The van der Waals surface area contributed by atoms with Crippen molar-refractivity contribution in [3.63, 3.8) is 0 Å². The van der Waals surface area contributed by atoms with Crippen molar-refractivity contribution in [2.75, 3.05) is 26.4 Å². The lowest BCUT2D eigenvalue weighted by Gasteiger charge is -2.06. The van der Waals surface area contributed by atoms with E-state index in [0.717, 1.165) is 13.0 Å². The van der Waals surface area contributed by atoms with Gasteiger partial charge in [-0.3, -0.25) is 0 Å². The molecule has 1 aliphatic heterocycles. The Morgan fingerprint density at radius 3 is 3.11 bits per heavy atom. The van der Waals surface area contributed by atoms with Crippen LogP contribution in [0.4, 0.5) is 0 Å². The Kier molecular flexibility index (Phi) is 2.97. The van der Waals surface area contributed by atoms with Crippen molar-refractivity contribution in [3.8, 4) is 0 Å². The molecule has 1 fully saturated rings. The maximum atomic E-state index is 8.36. The van der Waals surface area contributed by atoms with Crippen molar-refractivity contribution in [2.24, 2.45) is 0 Å². The summed E-state index contributed by atoms with van der Waals surface area (Å²) in [5, 5.41) is 8.36. The van der Waals surface area contributed by atoms with Crippen LogP contribution >= 0.6 is 0 Å². The lowest BCUT2D eigenvalue weighted by atomic mass is 10.3. The van der Waals surface area contributed by atoms with E-state index in [1.807, 2.05) is 0 Å². The summed E-state index contributed by atoms with van der Waals surface area (Å²) in [7, 11) is 0. The van der Waals surface area contributed by atoms with Gasteiger partial charge in [0.25, 0.3) is 0 Å². The zero-order valence-electron chi connectivity index (χ0n) is 5.38. The summed E-state index contributed by atoms with van der Waals surface area (Å²) in [6.45, 7) is 2.04. The summed E-state index contributed by atoms with van der Waals surface area (Å²) in [5.41, 5.74) is 0. The molecule has 54 valence electrons. The molecular weight excluding hydrogens is 120 g/mol. The molecule has 1 N–H and O–H groups in total. The normalized spacial score (nSPS) is 27.0. The molecule has 0 saturated carbocycles. The average Bonchev–Trinajstić information content (AvgIpc) is 2.34. The second kappa shape index (κ2) is 3.82. The number of rotatable bonds is 3. The number of aliphatic hydroxyl groups excluding tert-OH is 1. The van der Waals surface area contributed by atoms with Crippen LogP contribution in [-0.4, -0.2) is 37.6 Å². The quantitative estimate of drug-likeness (QED) is 0.577. The standard InChI is InChI=1S/C6H12O3/c7-2-4-9-6-1-3-8-5-6/h6-7H,1-5H2. The predicted octanol–water partition coefficient (Wildman–Crippen LogP) is -0.216. The molecule has 0 bridgehead atoms. The maximum absolute atomic E-state index is 8.36. The van der Waals surface area contributed by atoms with Crippen LogP contribution in [0.5, 0.6) is 0 Å². The number of aliphatic hydroxyl groups is 1. The molecule has 0 aromatic heterocycles. The molecule has 1 saturated heterocycles. The van der Waals surface area contributed by atoms with E-state index < -0.39 is 0 Å². The molecule has 1 rings (SSSR count). The summed E-state index contributed by atoms with van der Waals surface area (Å²) < 4.78 is 10.2. The van der Waals surface area contributed by atoms with E-state index in [1.54, 1.807) is 0 Å². The number of ether oxygens (including phenoxy) is 2. The van der Waals surface area contributed by atoms with Crippen LogP contribution < -0.4 is 0 Å². The first-order valence-corrected chi connectivity index (χ1v) is 3.23. The second-order valence-corrected chi connectivity index (χ2v) is 2.08. The van der Waals surface area contributed by atoms with Gasteiger partial charge >= 0.3 is 0 Å². The highest BCUT2D eigenvalue weighted by atomic mass is 16.5. The van der Waals surface area contributed by atoms with Gasteiger partial charge < -0.3 is 14.6 Å². The Morgan fingerprint density at radius 1 is 1.67 bits per heavy atom. The van der Waals surface area contributed by atoms with Crippen molar-refractivity contribution < 1.29 is 14.6 Å². The third kappa shape index (κ3) is 2.30. The van der Waals surface area contributed by atoms with Crippen LogP contribution in [-0.2, 0) is 9.47 Å². The third-order valence-electron chi connectivity index (χ3n) is 1.33. The number of hydrogen-bond donors (Lipinski definition) is 1. The Hall–Kier alpha value is -0.120. The third-order valence-corrected chi connectivity index (χ3v) is 1.33. The van der Waals surface area contributed by atoms with Crippen molar-refractivity contribution >= 4 is 0 Å². The molecule has 0 amide bonds. The van der Waals surface area contributed by atoms with Gasteiger partial charge in [0.15, 0.2) is 0 Å². The SMILES string of the molecule is OCCOC1CCOC1. The Bertz CT molecular complexity index is 68.7. The van der Waals surface area contributed by atoms with Crippen LogP contribution in [0, 0.1) is 0 Å². The topological polar surface area (TPSA) is 38.7 Å². The summed E-state index contributed by atoms with van der Waals surface area (Å²) in [6, 6.07) is 0. The van der Waals surface area contributed by atoms with Gasteiger partial charge in [-0.1, -0.05) is 0 Å². The fourth-order valence-corrected chi connectivity index (χ4v) is 0.864. The number of hydrogen-bond acceptors (Lipinski definition) is 3. The molecule has 0 aromatic rings. The Balaban J connectivity index is 1.98. The van der Waals surface area contributed by atoms with Crippen LogP contribution in [0.1, 0.15) is 6.42 Å². The second-order valence-electron chi connectivity index (χ2n) is 2.08. The van der Waals surface area contributed by atoms with Crippen LogP contribution in [0.2, 0.25) is 0 Å². The summed E-state index contributed by atoms with van der Waals surface area (Å²) in [4.78, 5) is 0. The minimum Gasteiger partial charge on any atom is -0.394 e. The maximum Gasteiger partial charge on any atom is 0.0831 e. The van der Waals surface area contributed by atoms with Gasteiger partial charge in [0, 0.05) is 6.61 Å². The average molecular weight is 132 g/mol. The summed E-state index contributed by atoms with van der Waals surface area (Å²) in [5.74, 6) is 0. The van der Waals surface area contributed by atoms with Gasteiger partial charge in [-0.15, -0.1) is 0 Å². The predicted molar refractivity (Wildman–Crippen MR) is 32.3 cm³/mol. The lowest BCUT2D eigenvalue weighted by Crippen LogP contribution is -2.14. The van der Waals surface area contributed by atoms with Gasteiger partial charge in [0.2, 0.25) is 0 Å². The van der Waals surface area contributed by atoms with Gasteiger partial charge in [0.1, 0.15) is 0 Å². The van der Waals surface area contributed by atoms with Gasteiger partial charge in [0.05, 0.1) is 25.9 Å². The lowest BCUT2D eigenvalue weighted by molar-refractivity contribution is 0.0222. The minimum absolute atomic E-state index is 0.108. The highest BCUT2D eigenvalue weighted by molar-refractivity contribution is 4.62. The zero-order valence-corrected chi connectivity index (χ0v) is 5.38. The monoisotopic (exact) mass is 132 g/mol. The van der Waals surface area contributed by atoms with E-state index in [-0.39, 0.29) is 12.7 Å². The molecule has 1 atom stereocenters. The molecule has 1 unspecified atom stereocenters. The molecule has 3 heteroatoms. The van der Waals surface area contributed by atoms with Crippen molar-refractivity contribution in [1.29, 1.82) is 0 Å². The van der Waals surface area contributed by atoms with E-state index in [1.165, 1.54) is 0 Å². The van der Waals surface area contributed by atoms with E-state index in [4.69, 9.17) is 14.6 Å². The van der Waals surface area contributed by atoms with Crippen molar-refractivity contribution in [1.82, 2.24) is 0 Å². The first-order valence-electron chi connectivity index (χ1n) is 3.23. The molecule has 1 aliphatic rings. The fraction of sp³-hybridized carbons (Fsp3) is 1.00. The largest absolute Gasteiger partial charge is 0.394 e. The highest BCUT2D eigenvalue weighted by Gasteiger charge is 2.14. The highest BCUT2D eigenvalue weighted by Crippen LogP contribution is 2.06. The fourth-order valence-electron chi connectivity index (χ4n) is 0.864.